The highest BCUT2D eigenvalue weighted by atomic mass is 32.2. The first-order valence-corrected chi connectivity index (χ1v) is 9.04. The van der Waals surface area contributed by atoms with E-state index in [1.165, 1.54) is 11.3 Å². The molecule has 0 amide bonds. The lowest BCUT2D eigenvalue weighted by atomic mass is 10.1. The van der Waals surface area contributed by atoms with Gasteiger partial charge in [-0.15, -0.1) is 10.2 Å². The van der Waals surface area contributed by atoms with Gasteiger partial charge in [-0.1, -0.05) is 42.5 Å². The first-order chi connectivity index (χ1) is 9.98. The van der Waals surface area contributed by atoms with Gasteiger partial charge in [0.15, 0.2) is 0 Å². The van der Waals surface area contributed by atoms with E-state index >= 15 is 0 Å². The van der Waals surface area contributed by atoms with Crippen LogP contribution >= 0.6 is 11.3 Å². The zero-order valence-electron chi connectivity index (χ0n) is 12.0. The fourth-order valence-corrected chi connectivity index (χ4v) is 3.81. The molecule has 0 aliphatic heterocycles. The maximum atomic E-state index is 12.1. The average molecular weight is 326 g/mol. The molecule has 0 radical (unpaired) electrons. The predicted molar refractivity (Wildman–Crippen MR) is 84.7 cm³/mol. The Kier molecular flexibility index (Phi) is 5.27. The second-order valence-corrected chi connectivity index (χ2v) is 7.49. The molecule has 8 heteroatoms. The number of sulfonamides is 1. The summed E-state index contributed by atoms with van der Waals surface area (Å²) in [5, 5.41) is 11.8. The molecule has 0 fully saturated rings. The minimum atomic E-state index is -3.47. The molecule has 0 spiro atoms. The molecular weight excluding hydrogens is 308 g/mol. The van der Waals surface area contributed by atoms with Crippen LogP contribution in [0.3, 0.4) is 0 Å². The van der Waals surface area contributed by atoms with Crippen molar-refractivity contribution in [2.75, 3.05) is 11.3 Å². The Morgan fingerprint density at radius 1 is 1.24 bits per heavy atom. The van der Waals surface area contributed by atoms with Gasteiger partial charge < -0.3 is 5.32 Å². The molecule has 0 aliphatic carbocycles. The zero-order valence-corrected chi connectivity index (χ0v) is 13.6. The summed E-state index contributed by atoms with van der Waals surface area (Å²) in [5.41, 5.74) is 1.82. The number of aromatic nitrogens is 2. The largest absolute Gasteiger partial charge is 0.313 e. The molecule has 0 atom stereocenters. The molecule has 0 saturated heterocycles. The van der Waals surface area contributed by atoms with Gasteiger partial charge in [-0.25, -0.2) is 8.42 Å². The first-order valence-electron chi connectivity index (χ1n) is 6.57. The lowest BCUT2D eigenvalue weighted by molar-refractivity contribution is 0.600. The van der Waals surface area contributed by atoms with Crippen molar-refractivity contribution in [3.05, 3.63) is 40.4 Å². The second-order valence-electron chi connectivity index (χ2n) is 4.59. The molecule has 0 bridgehead atoms. The molecule has 21 heavy (non-hydrogen) atoms. The Labute approximate surface area is 128 Å². The van der Waals surface area contributed by atoms with Crippen LogP contribution in [0.15, 0.2) is 24.3 Å². The molecule has 1 aromatic carbocycles. The fraction of sp³-hybridized carbons (Fsp3) is 0.385. The minimum Gasteiger partial charge on any atom is -0.313 e. The number of aryl methyl sites for hydroxylation is 1. The van der Waals surface area contributed by atoms with Crippen LogP contribution in [0.1, 0.15) is 23.1 Å². The highest BCUT2D eigenvalue weighted by molar-refractivity contribution is 7.92. The molecule has 2 aromatic rings. The van der Waals surface area contributed by atoms with E-state index in [0.29, 0.717) is 5.13 Å². The molecule has 0 saturated carbocycles. The standard InChI is InChI=1S/C13H18N4O2S2/c1-3-14-8-11-5-4-6-12(7-11)9-21(18,19)17-13-16-15-10(2)20-13/h4-7,14H,3,8-9H2,1-2H3,(H,16,17). The van der Waals surface area contributed by atoms with E-state index in [9.17, 15) is 8.42 Å². The van der Waals surface area contributed by atoms with Crippen molar-refractivity contribution in [1.82, 2.24) is 15.5 Å². The molecule has 0 unspecified atom stereocenters. The van der Waals surface area contributed by atoms with E-state index in [1.807, 2.05) is 25.1 Å². The summed E-state index contributed by atoms with van der Waals surface area (Å²) in [4.78, 5) is 0. The molecule has 2 N–H and O–H groups in total. The monoisotopic (exact) mass is 326 g/mol. The summed E-state index contributed by atoms with van der Waals surface area (Å²) in [6.45, 7) is 5.41. The Morgan fingerprint density at radius 2 is 2.00 bits per heavy atom. The maximum Gasteiger partial charge on any atom is 0.238 e. The summed E-state index contributed by atoms with van der Waals surface area (Å²) in [6, 6.07) is 7.54. The zero-order chi connectivity index (χ0) is 15.3. The van der Waals surface area contributed by atoms with Crippen molar-refractivity contribution < 1.29 is 8.42 Å². The van der Waals surface area contributed by atoms with Crippen molar-refractivity contribution in [3.63, 3.8) is 0 Å². The topological polar surface area (TPSA) is 84.0 Å². The van der Waals surface area contributed by atoms with Gasteiger partial charge >= 0.3 is 0 Å². The lowest BCUT2D eigenvalue weighted by Crippen LogP contribution is -2.16. The molecular formula is C13H18N4O2S2. The van der Waals surface area contributed by atoms with Crippen molar-refractivity contribution >= 4 is 26.5 Å². The van der Waals surface area contributed by atoms with E-state index in [-0.39, 0.29) is 5.75 Å². The van der Waals surface area contributed by atoms with Gasteiger partial charge in [-0.05, 0) is 24.6 Å². The van der Waals surface area contributed by atoms with Gasteiger partial charge in [-0.3, -0.25) is 4.72 Å². The minimum absolute atomic E-state index is 0.0778. The fourth-order valence-electron chi connectivity index (χ4n) is 1.83. The predicted octanol–water partition coefficient (Wildman–Crippen LogP) is 1.90. The van der Waals surface area contributed by atoms with Gasteiger partial charge in [-0.2, -0.15) is 0 Å². The second kappa shape index (κ2) is 6.97. The van der Waals surface area contributed by atoms with E-state index < -0.39 is 10.0 Å². The number of nitrogens with one attached hydrogen (secondary N) is 2. The van der Waals surface area contributed by atoms with Crippen molar-refractivity contribution in [2.24, 2.45) is 0 Å². The number of hydrogen-bond donors (Lipinski definition) is 2. The van der Waals surface area contributed by atoms with Crippen LogP contribution in [0, 0.1) is 6.92 Å². The van der Waals surface area contributed by atoms with Crippen LogP contribution < -0.4 is 10.0 Å². The number of hydrogen-bond acceptors (Lipinski definition) is 6. The molecule has 6 nitrogen and oxygen atoms in total. The Bertz CT molecular complexity index is 698. The summed E-state index contributed by atoms with van der Waals surface area (Å²) in [7, 11) is -3.47. The van der Waals surface area contributed by atoms with E-state index in [1.54, 1.807) is 13.0 Å². The van der Waals surface area contributed by atoms with Gasteiger partial charge in [0.2, 0.25) is 15.2 Å². The van der Waals surface area contributed by atoms with Gasteiger partial charge in [0.25, 0.3) is 0 Å². The van der Waals surface area contributed by atoms with E-state index in [4.69, 9.17) is 0 Å². The Hall–Kier alpha value is -1.51. The van der Waals surface area contributed by atoms with Gasteiger partial charge in [0, 0.05) is 6.54 Å². The Balaban J connectivity index is 2.05. The molecule has 1 aromatic heterocycles. The number of anilines is 1. The molecule has 2 rings (SSSR count). The van der Waals surface area contributed by atoms with Gasteiger partial charge in [0.1, 0.15) is 5.01 Å². The van der Waals surface area contributed by atoms with E-state index in [0.717, 1.165) is 29.2 Å². The number of rotatable bonds is 7. The number of benzene rings is 1. The maximum absolute atomic E-state index is 12.1. The first kappa shape index (κ1) is 15.9. The van der Waals surface area contributed by atoms with Crippen LogP contribution in [0.5, 0.6) is 0 Å². The Morgan fingerprint density at radius 3 is 2.67 bits per heavy atom. The SMILES string of the molecule is CCNCc1cccc(CS(=O)(=O)Nc2nnc(C)s2)c1. The summed E-state index contributed by atoms with van der Waals surface area (Å²) in [5.74, 6) is -0.0778. The van der Waals surface area contributed by atoms with Crippen molar-refractivity contribution in [2.45, 2.75) is 26.1 Å². The van der Waals surface area contributed by atoms with Crippen LogP contribution in [0.25, 0.3) is 0 Å². The molecule has 114 valence electrons. The van der Waals surface area contributed by atoms with Crippen molar-refractivity contribution in [1.29, 1.82) is 0 Å². The lowest BCUT2D eigenvalue weighted by Gasteiger charge is -2.07. The van der Waals surface area contributed by atoms with Crippen LogP contribution in [0.4, 0.5) is 5.13 Å². The van der Waals surface area contributed by atoms with Gasteiger partial charge in [0.05, 0.1) is 5.75 Å². The average Bonchev–Trinajstić information content (AvgIpc) is 2.80. The van der Waals surface area contributed by atoms with Crippen molar-refractivity contribution in [3.8, 4) is 0 Å². The third-order valence-electron chi connectivity index (χ3n) is 2.70. The van der Waals surface area contributed by atoms with Crippen LogP contribution in [-0.4, -0.2) is 25.2 Å². The summed E-state index contributed by atoms with van der Waals surface area (Å²) in [6.07, 6.45) is 0. The quantitative estimate of drug-likeness (QED) is 0.812. The van der Waals surface area contributed by atoms with Crippen LogP contribution in [-0.2, 0) is 22.3 Å². The third-order valence-corrected chi connectivity index (χ3v) is 4.80. The normalized spacial score (nSPS) is 11.5. The molecule has 1 heterocycles. The molecule has 0 aliphatic rings. The van der Waals surface area contributed by atoms with E-state index in [2.05, 4.69) is 20.2 Å². The smallest absolute Gasteiger partial charge is 0.238 e. The summed E-state index contributed by atoms with van der Waals surface area (Å²) >= 11 is 1.22. The summed E-state index contributed by atoms with van der Waals surface area (Å²) < 4.78 is 26.7. The highest BCUT2D eigenvalue weighted by Crippen LogP contribution is 2.17. The number of nitrogens with zero attached hydrogens (tertiary/aromatic N) is 2. The highest BCUT2D eigenvalue weighted by Gasteiger charge is 2.14. The van der Waals surface area contributed by atoms with Crippen LogP contribution in [0.2, 0.25) is 0 Å². The third kappa shape index (κ3) is 5.07.